The van der Waals surface area contributed by atoms with E-state index in [2.05, 4.69) is 27.3 Å². The largest absolute Gasteiger partial charge is 0.371 e. The molecule has 0 fully saturated rings. The molecule has 2 rings (SSSR count). The van der Waals surface area contributed by atoms with E-state index in [9.17, 15) is 0 Å². The maximum absolute atomic E-state index is 5.69. The van der Waals surface area contributed by atoms with E-state index in [4.69, 9.17) is 4.74 Å². The first-order valence-corrected chi connectivity index (χ1v) is 5.96. The Kier molecular flexibility index (Phi) is 3.03. The minimum Gasteiger partial charge on any atom is -0.371 e. The van der Waals surface area contributed by atoms with Crippen molar-refractivity contribution in [2.45, 2.75) is 12.5 Å². The lowest BCUT2D eigenvalue weighted by Gasteiger charge is -2.22. The zero-order chi connectivity index (χ0) is 9.26. The average Bonchev–Trinajstić information content (AvgIpc) is 2.47. The van der Waals surface area contributed by atoms with Crippen molar-refractivity contribution in [1.29, 1.82) is 0 Å². The summed E-state index contributed by atoms with van der Waals surface area (Å²) in [5.41, 5.74) is 1.45. The molecule has 1 aromatic rings. The number of thiophene rings is 1. The van der Waals surface area contributed by atoms with Gasteiger partial charge in [-0.05, 0) is 41.0 Å². The van der Waals surface area contributed by atoms with Gasteiger partial charge < -0.3 is 10.1 Å². The molecule has 0 saturated carbocycles. The number of hydrogen-bond acceptors (Lipinski definition) is 3. The molecule has 0 aromatic carbocycles. The molecule has 1 aromatic heterocycles. The molecule has 0 unspecified atom stereocenters. The lowest BCUT2D eigenvalue weighted by molar-refractivity contribution is 0.0469. The van der Waals surface area contributed by atoms with Crippen LogP contribution in [-0.4, -0.2) is 20.2 Å². The van der Waals surface area contributed by atoms with E-state index in [1.165, 1.54) is 14.2 Å². The van der Waals surface area contributed by atoms with Crippen LogP contribution in [0, 0.1) is 0 Å². The van der Waals surface area contributed by atoms with E-state index < -0.39 is 0 Å². The summed E-state index contributed by atoms with van der Waals surface area (Å²) in [7, 11) is 1.96. The Morgan fingerprint density at radius 1 is 1.77 bits per heavy atom. The molecule has 2 heterocycles. The quantitative estimate of drug-likeness (QED) is 0.883. The van der Waals surface area contributed by atoms with Gasteiger partial charge in [0, 0.05) is 11.4 Å². The fourth-order valence-electron chi connectivity index (χ4n) is 1.60. The highest BCUT2D eigenvalue weighted by Crippen LogP contribution is 2.36. The number of fused-ring (bicyclic) bond motifs is 1. The van der Waals surface area contributed by atoms with E-state index in [1.54, 1.807) is 11.3 Å². The summed E-state index contributed by atoms with van der Waals surface area (Å²) in [6, 6.07) is 2.21. The lowest BCUT2D eigenvalue weighted by Crippen LogP contribution is -2.23. The van der Waals surface area contributed by atoms with Gasteiger partial charge in [-0.3, -0.25) is 0 Å². The summed E-state index contributed by atoms with van der Waals surface area (Å²) < 4.78 is 6.90. The maximum atomic E-state index is 5.69. The third kappa shape index (κ3) is 1.96. The number of ether oxygens (including phenoxy) is 1. The van der Waals surface area contributed by atoms with Crippen molar-refractivity contribution in [2.75, 3.05) is 20.2 Å². The first-order chi connectivity index (χ1) is 6.31. The van der Waals surface area contributed by atoms with Crippen molar-refractivity contribution < 1.29 is 4.74 Å². The second kappa shape index (κ2) is 4.09. The molecule has 13 heavy (non-hydrogen) atoms. The van der Waals surface area contributed by atoms with E-state index in [0.29, 0.717) is 0 Å². The van der Waals surface area contributed by atoms with Crippen molar-refractivity contribution in [3.63, 3.8) is 0 Å². The highest BCUT2D eigenvalue weighted by Gasteiger charge is 2.22. The predicted octanol–water partition coefficient (Wildman–Crippen LogP) is 2.34. The van der Waals surface area contributed by atoms with Crippen molar-refractivity contribution in [1.82, 2.24) is 5.32 Å². The van der Waals surface area contributed by atoms with Crippen LogP contribution in [-0.2, 0) is 11.2 Å². The first-order valence-electron chi connectivity index (χ1n) is 4.35. The Balaban J connectivity index is 2.25. The molecule has 0 radical (unpaired) electrons. The molecule has 0 aliphatic carbocycles. The smallest absolute Gasteiger partial charge is 0.104 e. The Hall–Kier alpha value is 0.1000. The van der Waals surface area contributed by atoms with Crippen molar-refractivity contribution in [3.05, 3.63) is 20.3 Å². The van der Waals surface area contributed by atoms with Crippen LogP contribution in [0.2, 0.25) is 0 Å². The fraction of sp³-hybridized carbons (Fsp3) is 0.556. The first kappa shape index (κ1) is 9.65. The van der Waals surface area contributed by atoms with E-state index in [0.717, 1.165) is 19.6 Å². The van der Waals surface area contributed by atoms with Gasteiger partial charge in [-0.2, -0.15) is 0 Å². The van der Waals surface area contributed by atoms with Crippen LogP contribution in [0.25, 0.3) is 0 Å². The second-order valence-electron chi connectivity index (χ2n) is 3.11. The van der Waals surface area contributed by atoms with Crippen LogP contribution in [0.4, 0.5) is 0 Å². The molecule has 1 aliphatic rings. The minimum atomic E-state index is 0.255. The predicted molar refractivity (Wildman–Crippen MR) is 58.3 cm³/mol. The molecule has 1 N–H and O–H groups in total. The van der Waals surface area contributed by atoms with Crippen molar-refractivity contribution >= 4 is 27.3 Å². The van der Waals surface area contributed by atoms with E-state index in [-0.39, 0.29) is 6.10 Å². The zero-order valence-corrected chi connectivity index (χ0v) is 9.87. The number of hydrogen-bond donors (Lipinski definition) is 1. The summed E-state index contributed by atoms with van der Waals surface area (Å²) >= 11 is 5.30. The van der Waals surface area contributed by atoms with Gasteiger partial charge in [0.25, 0.3) is 0 Å². The van der Waals surface area contributed by atoms with Crippen molar-refractivity contribution in [3.8, 4) is 0 Å². The number of halogens is 1. The summed E-state index contributed by atoms with van der Waals surface area (Å²) in [6.45, 7) is 1.75. The third-order valence-electron chi connectivity index (χ3n) is 2.18. The van der Waals surface area contributed by atoms with Crippen molar-refractivity contribution in [2.24, 2.45) is 0 Å². The Labute approximate surface area is 90.4 Å². The average molecular weight is 262 g/mol. The molecule has 1 atom stereocenters. The molecular weight excluding hydrogens is 250 g/mol. The maximum Gasteiger partial charge on any atom is 0.104 e. The fourth-order valence-corrected chi connectivity index (χ4v) is 3.39. The van der Waals surface area contributed by atoms with Gasteiger partial charge in [0.1, 0.15) is 6.10 Å². The molecule has 72 valence electrons. The lowest BCUT2D eigenvalue weighted by atomic mass is 10.1. The molecule has 1 aliphatic heterocycles. The zero-order valence-electron chi connectivity index (χ0n) is 7.47. The Bertz CT molecular complexity index is 300. The highest BCUT2D eigenvalue weighted by molar-refractivity contribution is 9.11. The van der Waals surface area contributed by atoms with E-state index in [1.807, 2.05) is 7.05 Å². The normalized spacial score (nSPS) is 21.5. The highest BCUT2D eigenvalue weighted by atomic mass is 79.9. The Morgan fingerprint density at radius 2 is 2.62 bits per heavy atom. The monoisotopic (exact) mass is 261 g/mol. The van der Waals surface area contributed by atoms with Gasteiger partial charge in [-0.25, -0.2) is 0 Å². The number of rotatable bonds is 2. The molecule has 2 nitrogen and oxygen atoms in total. The van der Waals surface area contributed by atoms with Gasteiger partial charge in [-0.15, -0.1) is 11.3 Å². The van der Waals surface area contributed by atoms with Gasteiger partial charge in [-0.1, -0.05) is 0 Å². The summed E-state index contributed by atoms with van der Waals surface area (Å²) in [6.07, 6.45) is 1.31. The van der Waals surface area contributed by atoms with Crippen LogP contribution >= 0.6 is 27.3 Å². The van der Waals surface area contributed by atoms with Gasteiger partial charge in [0.15, 0.2) is 0 Å². The standard InChI is InChI=1S/C9H12BrNOS/c1-11-5-7-9-6(2-3-12-7)4-8(10)13-9/h4,7,11H,2-3,5H2,1H3/t7-/m1/s1. The van der Waals surface area contributed by atoms with Gasteiger partial charge in [0.05, 0.1) is 10.4 Å². The SMILES string of the molecule is CNC[C@H]1OCCc2cc(Br)sc21. The Morgan fingerprint density at radius 3 is 3.38 bits per heavy atom. The second-order valence-corrected chi connectivity index (χ2v) is 5.57. The van der Waals surface area contributed by atoms with Gasteiger partial charge in [0.2, 0.25) is 0 Å². The summed E-state index contributed by atoms with van der Waals surface area (Å²) in [5.74, 6) is 0. The molecule has 0 spiro atoms. The van der Waals surface area contributed by atoms with Crippen LogP contribution in [0.1, 0.15) is 16.5 Å². The van der Waals surface area contributed by atoms with Crippen LogP contribution in [0.3, 0.4) is 0 Å². The molecular formula is C9H12BrNOS. The molecule has 0 saturated heterocycles. The summed E-state index contributed by atoms with van der Waals surface area (Å²) in [4.78, 5) is 1.38. The van der Waals surface area contributed by atoms with Crippen LogP contribution < -0.4 is 5.32 Å². The molecule has 0 amide bonds. The minimum absolute atomic E-state index is 0.255. The molecule has 4 heteroatoms. The van der Waals surface area contributed by atoms with Gasteiger partial charge >= 0.3 is 0 Å². The number of nitrogens with one attached hydrogen (secondary N) is 1. The molecule has 0 bridgehead atoms. The van der Waals surface area contributed by atoms with Crippen LogP contribution in [0.5, 0.6) is 0 Å². The number of likely N-dealkylation sites (N-methyl/N-ethyl adjacent to an activating group) is 1. The topological polar surface area (TPSA) is 21.3 Å². The van der Waals surface area contributed by atoms with Crippen LogP contribution in [0.15, 0.2) is 9.85 Å². The summed E-state index contributed by atoms with van der Waals surface area (Å²) in [5, 5.41) is 3.15. The third-order valence-corrected chi connectivity index (χ3v) is 3.96. The van der Waals surface area contributed by atoms with E-state index >= 15 is 0 Å².